The van der Waals surface area contributed by atoms with E-state index in [1.54, 1.807) is 35.0 Å². The van der Waals surface area contributed by atoms with Crippen molar-refractivity contribution in [2.45, 2.75) is 24.5 Å². The van der Waals surface area contributed by atoms with Gasteiger partial charge in [0.05, 0.1) is 5.25 Å². The first-order valence-corrected chi connectivity index (χ1v) is 7.98. The Morgan fingerprint density at radius 1 is 1.30 bits per heavy atom. The molecule has 3 rings (SSSR count). The van der Waals surface area contributed by atoms with Crippen LogP contribution in [0.1, 0.15) is 22.7 Å². The van der Waals surface area contributed by atoms with E-state index in [2.05, 4.69) is 4.98 Å². The zero-order valence-corrected chi connectivity index (χ0v) is 12.7. The van der Waals surface area contributed by atoms with Gasteiger partial charge in [-0.1, -0.05) is 12.1 Å². The van der Waals surface area contributed by atoms with E-state index in [-0.39, 0.29) is 22.3 Å². The summed E-state index contributed by atoms with van der Waals surface area (Å²) in [4.78, 5) is 19.5. The van der Waals surface area contributed by atoms with E-state index < -0.39 is 0 Å². The topological polar surface area (TPSA) is 33.2 Å². The van der Waals surface area contributed by atoms with E-state index >= 15 is 0 Å². The molecule has 1 aliphatic rings. The number of carbonyl (C=O) groups is 1. The Labute approximate surface area is 124 Å². The second kappa shape index (κ2) is 5.18. The standard InChI is InChI=1S/C14H13FN2OS2/c1-8-7-16-14(19-8)17-12(18)9(2)20-13(17)10-3-5-11(15)6-4-10/h3-7,9,13H,1-2H3. The molecule has 1 aliphatic heterocycles. The van der Waals surface area contributed by atoms with Crippen LogP contribution >= 0.6 is 23.1 Å². The van der Waals surface area contributed by atoms with Crippen molar-refractivity contribution in [2.24, 2.45) is 0 Å². The predicted octanol–water partition coefficient (Wildman–Crippen LogP) is 3.76. The minimum atomic E-state index is -0.271. The molecule has 0 saturated carbocycles. The van der Waals surface area contributed by atoms with Gasteiger partial charge in [-0.3, -0.25) is 9.69 Å². The Hall–Kier alpha value is -1.40. The Bertz CT molecular complexity index is 641. The van der Waals surface area contributed by atoms with Crippen LogP contribution in [0.5, 0.6) is 0 Å². The molecule has 2 atom stereocenters. The number of rotatable bonds is 2. The lowest BCUT2D eigenvalue weighted by molar-refractivity contribution is -0.117. The highest BCUT2D eigenvalue weighted by Crippen LogP contribution is 2.46. The summed E-state index contributed by atoms with van der Waals surface area (Å²) in [5.74, 6) is -0.216. The second-order valence-corrected chi connectivity index (χ2v) is 7.28. The molecular formula is C14H13FN2OS2. The number of anilines is 1. The van der Waals surface area contributed by atoms with Gasteiger partial charge in [-0.15, -0.1) is 23.1 Å². The van der Waals surface area contributed by atoms with E-state index in [0.717, 1.165) is 10.4 Å². The van der Waals surface area contributed by atoms with Crippen molar-refractivity contribution in [3.63, 3.8) is 0 Å². The van der Waals surface area contributed by atoms with Crippen LogP contribution in [0.15, 0.2) is 30.5 Å². The molecule has 20 heavy (non-hydrogen) atoms. The maximum atomic E-state index is 13.1. The number of hydrogen-bond donors (Lipinski definition) is 0. The number of hydrogen-bond acceptors (Lipinski definition) is 4. The van der Waals surface area contributed by atoms with Gasteiger partial charge < -0.3 is 0 Å². The van der Waals surface area contributed by atoms with Gasteiger partial charge in [-0.2, -0.15) is 0 Å². The largest absolute Gasteiger partial charge is 0.273 e. The van der Waals surface area contributed by atoms with Crippen LogP contribution in [0.3, 0.4) is 0 Å². The molecule has 2 heterocycles. The van der Waals surface area contributed by atoms with Crippen molar-refractivity contribution >= 4 is 34.1 Å². The average Bonchev–Trinajstić information content (AvgIpc) is 2.96. The third-order valence-corrected chi connectivity index (χ3v) is 5.39. The van der Waals surface area contributed by atoms with Crippen LogP contribution in [0.2, 0.25) is 0 Å². The van der Waals surface area contributed by atoms with Crippen LogP contribution in [0, 0.1) is 12.7 Å². The fourth-order valence-corrected chi connectivity index (χ4v) is 4.24. The summed E-state index contributed by atoms with van der Waals surface area (Å²) in [7, 11) is 0. The first kappa shape index (κ1) is 13.6. The van der Waals surface area contributed by atoms with E-state index in [1.807, 2.05) is 13.8 Å². The summed E-state index contributed by atoms with van der Waals surface area (Å²) >= 11 is 3.06. The van der Waals surface area contributed by atoms with Crippen molar-refractivity contribution in [1.82, 2.24) is 4.98 Å². The van der Waals surface area contributed by atoms with Crippen molar-refractivity contribution < 1.29 is 9.18 Å². The molecule has 0 aliphatic carbocycles. The molecule has 104 valence electrons. The number of nitrogens with zero attached hydrogens (tertiary/aromatic N) is 2. The van der Waals surface area contributed by atoms with E-state index in [9.17, 15) is 9.18 Å². The minimum absolute atomic E-state index is 0.0543. The van der Waals surface area contributed by atoms with Gasteiger partial charge in [0.2, 0.25) is 5.91 Å². The molecule has 1 fully saturated rings. The molecule has 0 bridgehead atoms. The first-order chi connectivity index (χ1) is 9.56. The van der Waals surface area contributed by atoms with Crippen LogP contribution in [-0.2, 0) is 4.79 Å². The number of thiazole rings is 1. The predicted molar refractivity (Wildman–Crippen MR) is 80.5 cm³/mol. The average molecular weight is 308 g/mol. The molecule has 3 nitrogen and oxygen atoms in total. The summed E-state index contributed by atoms with van der Waals surface area (Å²) in [6.07, 6.45) is 1.77. The number of benzene rings is 1. The minimum Gasteiger partial charge on any atom is -0.273 e. The van der Waals surface area contributed by atoms with Gasteiger partial charge in [0, 0.05) is 11.1 Å². The van der Waals surface area contributed by atoms with Gasteiger partial charge >= 0.3 is 0 Å². The van der Waals surface area contributed by atoms with Gasteiger partial charge in [-0.05, 0) is 31.5 Å². The molecule has 0 spiro atoms. The van der Waals surface area contributed by atoms with Crippen molar-refractivity contribution in [3.05, 3.63) is 46.7 Å². The Balaban J connectivity index is 2.00. The SMILES string of the molecule is Cc1cnc(N2C(=O)C(C)SC2c2ccc(F)cc2)s1. The number of amides is 1. The van der Waals surface area contributed by atoms with Crippen molar-refractivity contribution in [1.29, 1.82) is 0 Å². The maximum absolute atomic E-state index is 13.1. The van der Waals surface area contributed by atoms with E-state index in [1.165, 1.54) is 23.5 Å². The maximum Gasteiger partial charge on any atom is 0.242 e. The Kier molecular flexibility index (Phi) is 3.52. The lowest BCUT2D eigenvalue weighted by Crippen LogP contribution is -2.29. The zero-order chi connectivity index (χ0) is 14.3. The van der Waals surface area contributed by atoms with Gasteiger partial charge in [0.25, 0.3) is 0 Å². The quantitative estimate of drug-likeness (QED) is 0.847. The van der Waals surface area contributed by atoms with Crippen LogP contribution < -0.4 is 4.90 Å². The lowest BCUT2D eigenvalue weighted by atomic mass is 10.2. The number of carbonyl (C=O) groups excluding carboxylic acids is 1. The normalized spacial score (nSPS) is 22.6. The van der Waals surface area contributed by atoms with E-state index in [4.69, 9.17) is 0 Å². The summed E-state index contributed by atoms with van der Waals surface area (Å²) < 4.78 is 13.1. The molecule has 1 aromatic heterocycles. The summed E-state index contributed by atoms with van der Waals surface area (Å²) in [5.41, 5.74) is 0.918. The lowest BCUT2D eigenvalue weighted by Gasteiger charge is -2.21. The van der Waals surface area contributed by atoms with Crippen LogP contribution in [0.4, 0.5) is 9.52 Å². The molecule has 1 amide bonds. The molecule has 2 unspecified atom stereocenters. The number of halogens is 1. The first-order valence-electron chi connectivity index (χ1n) is 6.22. The van der Waals surface area contributed by atoms with Gasteiger partial charge in [-0.25, -0.2) is 9.37 Å². The molecule has 6 heteroatoms. The van der Waals surface area contributed by atoms with E-state index in [0.29, 0.717) is 5.13 Å². The van der Waals surface area contributed by atoms with Crippen molar-refractivity contribution in [2.75, 3.05) is 4.90 Å². The fourth-order valence-electron chi connectivity index (χ4n) is 2.13. The zero-order valence-electron chi connectivity index (χ0n) is 11.0. The number of aryl methyl sites for hydroxylation is 1. The molecule has 2 aromatic rings. The molecular weight excluding hydrogens is 295 g/mol. The van der Waals surface area contributed by atoms with Crippen LogP contribution in [0.25, 0.3) is 0 Å². The highest BCUT2D eigenvalue weighted by Gasteiger charge is 2.40. The fraction of sp³-hybridized carbons (Fsp3) is 0.286. The third-order valence-electron chi connectivity index (χ3n) is 3.12. The smallest absolute Gasteiger partial charge is 0.242 e. The summed E-state index contributed by atoms with van der Waals surface area (Å²) in [6, 6.07) is 6.31. The molecule has 1 saturated heterocycles. The molecule has 0 N–H and O–H groups in total. The number of thioether (sulfide) groups is 1. The van der Waals surface area contributed by atoms with Gasteiger partial charge in [0.1, 0.15) is 11.2 Å². The Morgan fingerprint density at radius 2 is 2.00 bits per heavy atom. The summed E-state index contributed by atoms with van der Waals surface area (Å²) in [6.45, 7) is 3.86. The van der Waals surface area contributed by atoms with Gasteiger partial charge in [0.15, 0.2) is 5.13 Å². The summed E-state index contributed by atoms with van der Waals surface area (Å²) in [5, 5.41) is 0.455. The van der Waals surface area contributed by atoms with Crippen molar-refractivity contribution in [3.8, 4) is 0 Å². The Morgan fingerprint density at radius 3 is 2.60 bits per heavy atom. The third kappa shape index (κ3) is 2.33. The monoisotopic (exact) mass is 308 g/mol. The highest BCUT2D eigenvalue weighted by molar-refractivity contribution is 8.01. The molecule has 1 aromatic carbocycles. The molecule has 0 radical (unpaired) electrons. The van der Waals surface area contributed by atoms with Crippen LogP contribution in [-0.4, -0.2) is 16.1 Å². The number of aromatic nitrogens is 1. The highest BCUT2D eigenvalue weighted by atomic mass is 32.2. The second-order valence-electron chi connectivity index (χ2n) is 4.64.